The molecule has 1 saturated heterocycles. The summed E-state index contributed by atoms with van der Waals surface area (Å²) in [6.07, 6.45) is 1.03. The fraction of sp³-hybridized carbons (Fsp3) is 0.500. The van der Waals surface area contributed by atoms with Crippen molar-refractivity contribution in [3.8, 4) is 0 Å². The molecule has 8 heteroatoms. The van der Waals surface area contributed by atoms with Crippen molar-refractivity contribution in [1.29, 1.82) is 0 Å². The van der Waals surface area contributed by atoms with Gasteiger partial charge >= 0.3 is 0 Å². The van der Waals surface area contributed by atoms with Crippen LogP contribution in [0.25, 0.3) is 0 Å². The third kappa shape index (κ3) is 5.46. The first-order valence-electron chi connectivity index (χ1n) is 10.6. The lowest BCUT2D eigenvalue weighted by Gasteiger charge is -2.39. The van der Waals surface area contributed by atoms with Crippen LogP contribution in [0.15, 0.2) is 47.4 Å². The molecule has 1 amide bonds. The number of aromatic nitrogens is 1. The maximum absolute atomic E-state index is 14.3. The molecule has 3 unspecified atom stereocenters. The normalized spacial score (nSPS) is 21.2. The predicted octanol–water partition coefficient (Wildman–Crippen LogP) is 5.65. The molecule has 0 saturated carbocycles. The zero-order chi connectivity index (χ0) is 23.7. The molecule has 0 spiro atoms. The Morgan fingerprint density at radius 3 is 2.47 bits per heavy atom. The van der Waals surface area contributed by atoms with Gasteiger partial charge in [-0.1, -0.05) is 32.0 Å². The van der Waals surface area contributed by atoms with Gasteiger partial charge in [-0.05, 0) is 50.5 Å². The zero-order valence-corrected chi connectivity index (χ0v) is 19.7. The van der Waals surface area contributed by atoms with Crippen molar-refractivity contribution >= 4 is 23.5 Å². The van der Waals surface area contributed by atoms with E-state index < -0.39 is 18.1 Å². The van der Waals surface area contributed by atoms with E-state index in [1.165, 1.54) is 13.0 Å². The molecule has 2 heterocycles. The second-order valence-electron chi connectivity index (χ2n) is 9.26. The number of anilines is 1. The lowest BCUT2D eigenvalue weighted by molar-refractivity contribution is -0.121. The topological polar surface area (TPSA) is 59.2 Å². The zero-order valence-electron chi connectivity index (χ0n) is 18.9. The maximum atomic E-state index is 14.3. The van der Waals surface area contributed by atoms with Crippen molar-refractivity contribution in [2.75, 3.05) is 18.1 Å². The minimum Gasteiger partial charge on any atom is -0.297 e. The lowest BCUT2D eigenvalue weighted by Crippen LogP contribution is -2.44. The average molecular weight is 466 g/mol. The first-order chi connectivity index (χ1) is 14.8. The Kier molecular flexibility index (Phi) is 6.96. The van der Waals surface area contributed by atoms with E-state index in [1.807, 2.05) is 6.07 Å². The summed E-state index contributed by atoms with van der Waals surface area (Å²) in [6, 6.07) is 11.8. The van der Waals surface area contributed by atoms with Gasteiger partial charge in [0.25, 0.3) is 0 Å². The van der Waals surface area contributed by atoms with Gasteiger partial charge in [-0.15, -0.1) is 11.8 Å². The fourth-order valence-electron chi connectivity index (χ4n) is 3.85. The molecule has 1 aromatic carbocycles. The highest BCUT2D eigenvalue weighted by atomic mass is 32.2. The van der Waals surface area contributed by atoms with E-state index in [0.717, 1.165) is 18.2 Å². The molecule has 4 nitrogen and oxygen atoms in total. The fourth-order valence-corrected chi connectivity index (χ4v) is 5.16. The van der Waals surface area contributed by atoms with Gasteiger partial charge in [0.15, 0.2) is 11.5 Å². The second-order valence-corrected chi connectivity index (χ2v) is 11.0. The molecule has 1 aromatic heterocycles. The number of piperidine rings is 1. The van der Waals surface area contributed by atoms with Crippen LogP contribution in [-0.4, -0.2) is 28.9 Å². The summed E-state index contributed by atoms with van der Waals surface area (Å²) in [5.41, 5.74) is 3.78. The quantitative estimate of drug-likeness (QED) is 0.424. The monoisotopic (exact) mass is 465 g/mol. The van der Waals surface area contributed by atoms with Gasteiger partial charge in [0, 0.05) is 28.2 Å². The van der Waals surface area contributed by atoms with Crippen molar-refractivity contribution in [2.45, 2.75) is 61.6 Å². The minimum absolute atomic E-state index is 0.0250. The Morgan fingerprint density at radius 2 is 1.84 bits per heavy atom. The molecule has 0 bridgehead atoms. The van der Waals surface area contributed by atoms with Gasteiger partial charge in [0.2, 0.25) is 5.91 Å². The van der Waals surface area contributed by atoms with E-state index in [9.17, 15) is 18.0 Å². The number of halogens is 3. The van der Waals surface area contributed by atoms with Gasteiger partial charge in [-0.3, -0.25) is 15.4 Å². The Labute approximate surface area is 191 Å². The Balaban J connectivity index is 1.72. The molecule has 0 aliphatic carbocycles. The number of alkyl halides is 3. The number of hydrogen-bond acceptors (Lipinski definition) is 4. The number of pyridine rings is 1. The van der Waals surface area contributed by atoms with Crippen LogP contribution in [0.5, 0.6) is 0 Å². The van der Waals surface area contributed by atoms with E-state index in [-0.39, 0.29) is 22.3 Å². The van der Waals surface area contributed by atoms with Crippen LogP contribution in [0.1, 0.15) is 51.8 Å². The van der Waals surface area contributed by atoms with Crippen molar-refractivity contribution in [2.24, 2.45) is 11.7 Å². The predicted molar refractivity (Wildman–Crippen MR) is 123 cm³/mol. The molecular formula is C24H30F3N3OS. The Bertz CT molecular complexity index is 975. The number of rotatable bonds is 7. The van der Waals surface area contributed by atoms with Gasteiger partial charge in [-0.25, -0.2) is 18.2 Å². The molecule has 1 fully saturated rings. The van der Waals surface area contributed by atoms with Crippen molar-refractivity contribution in [3.05, 3.63) is 53.7 Å². The third-order valence-corrected chi connectivity index (χ3v) is 7.33. The number of nitrogens with two attached hydrogens (primary N) is 1. The summed E-state index contributed by atoms with van der Waals surface area (Å²) in [5.74, 6) is -1.60. The van der Waals surface area contributed by atoms with Crippen LogP contribution in [0.3, 0.4) is 0 Å². The summed E-state index contributed by atoms with van der Waals surface area (Å²) < 4.78 is 41.2. The van der Waals surface area contributed by atoms with Crippen LogP contribution in [0.4, 0.5) is 19.0 Å². The summed E-state index contributed by atoms with van der Waals surface area (Å²) in [4.78, 5) is 19.6. The highest BCUT2D eigenvalue weighted by Gasteiger charge is 2.38. The van der Waals surface area contributed by atoms with E-state index in [0.29, 0.717) is 24.3 Å². The van der Waals surface area contributed by atoms with Gasteiger partial charge < -0.3 is 0 Å². The largest absolute Gasteiger partial charge is 0.297 e. The van der Waals surface area contributed by atoms with Crippen LogP contribution in [0.2, 0.25) is 0 Å². The van der Waals surface area contributed by atoms with E-state index in [2.05, 4.69) is 18.8 Å². The number of hydrogen-bond donors (Lipinski definition) is 1. The molecule has 174 valence electrons. The van der Waals surface area contributed by atoms with Crippen molar-refractivity contribution in [1.82, 2.24) is 4.98 Å². The van der Waals surface area contributed by atoms with E-state index in [4.69, 9.17) is 5.73 Å². The first-order valence-corrected chi connectivity index (χ1v) is 11.5. The van der Waals surface area contributed by atoms with E-state index >= 15 is 0 Å². The summed E-state index contributed by atoms with van der Waals surface area (Å²) in [7, 11) is 0. The average Bonchev–Trinajstić information content (AvgIpc) is 2.73. The summed E-state index contributed by atoms with van der Waals surface area (Å²) in [5, 5.41) is 0. The van der Waals surface area contributed by atoms with Crippen LogP contribution in [-0.2, 0) is 16.3 Å². The van der Waals surface area contributed by atoms with Crippen LogP contribution >= 0.6 is 11.8 Å². The lowest BCUT2D eigenvalue weighted by atomic mass is 9.85. The highest BCUT2D eigenvalue weighted by molar-refractivity contribution is 8.00. The molecule has 2 N–H and O–H groups in total. The second kappa shape index (κ2) is 9.06. The molecule has 32 heavy (non-hydrogen) atoms. The smallest absolute Gasteiger partial charge is 0.228 e. The summed E-state index contributed by atoms with van der Waals surface area (Å²) >= 11 is 1.59. The van der Waals surface area contributed by atoms with E-state index in [1.54, 1.807) is 47.0 Å². The summed E-state index contributed by atoms with van der Waals surface area (Å²) in [6.45, 7) is 5.86. The van der Waals surface area contributed by atoms with Crippen LogP contribution < -0.4 is 10.6 Å². The van der Waals surface area contributed by atoms with Gasteiger partial charge in [-0.2, -0.15) is 0 Å². The molecule has 0 radical (unpaired) electrons. The number of carbonyl (C=O) groups excluding carboxylic acids is 1. The molecule has 1 aliphatic rings. The highest BCUT2D eigenvalue weighted by Crippen LogP contribution is 2.44. The van der Waals surface area contributed by atoms with Gasteiger partial charge in [0.05, 0.1) is 5.69 Å². The number of thioether (sulfide) groups is 1. The molecular weight excluding hydrogens is 435 g/mol. The molecule has 3 atom stereocenters. The number of nitrogens with zero attached hydrogens (tertiary/aromatic N) is 2. The Morgan fingerprint density at radius 1 is 1.16 bits per heavy atom. The number of carbonyl (C=O) groups is 1. The van der Waals surface area contributed by atoms with Crippen molar-refractivity contribution in [3.63, 3.8) is 0 Å². The standard InChI is InChI=1S/C24H30F3N3OS/c1-22(2,32-18-8-5-7-17(13-18)24(4,27)28)16-11-12-30(21(31)14-16)20-10-6-9-19(29-20)23(3,26)15-25/h5-10,13,16H,11-12,14-15,28H2,1-4H3. The van der Waals surface area contributed by atoms with Crippen LogP contribution in [0, 0.1) is 5.92 Å². The van der Waals surface area contributed by atoms with Crippen molar-refractivity contribution < 1.29 is 18.0 Å². The SMILES string of the molecule is CC(N)(F)c1cccc(SC(C)(C)C2CCN(c3cccc(C(C)(F)CF)n3)C(=O)C2)c1. The van der Waals surface area contributed by atoms with Gasteiger partial charge in [0.1, 0.15) is 12.5 Å². The molecule has 2 aromatic rings. The third-order valence-electron chi connectivity index (χ3n) is 5.98. The Hall–Kier alpha value is -2.06. The number of benzene rings is 1. The molecule has 3 rings (SSSR count). The minimum atomic E-state index is -2.19. The maximum Gasteiger partial charge on any atom is 0.228 e. The first kappa shape index (κ1) is 24.6. The molecule has 1 aliphatic heterocycles. The number of amides is 1.